The Morgan fingerprint density at radius 2 is 2.28 bits per heavy atom. The number of rotatable bonds is 7. The predicted octanol–water partition coefficient (Wildman–Crippen LogP) is 3.23. The van der Waals surface area contributed by atoms with Crippen molar-refractivity contribution in [1.82, 2.24) is 10.3 Å². The van der Waals surface area contributed by atoms with Crippen LogP contribution < -0.4 is 5.32 Å². The van der Waals surface area contributed by atoms with Crippen molar-refractivity contribution in [2.24, 2.45) is 0 Å². The van der Waals surface area contributed by atoms with Crippen molar-refractivity contribution in [1.29, 1.82) is 5.26 Å². The molecule has 98 valence electrons. The Labute approximate surface area is 114 Å². The van der Waals surface area contributed by atoms with E-state index in [0.717, 1.165) is 23.6 Å². The van der Waals surface area contributed by atoms with Crippen LogP contribution in [0.1, 0.15) is 33.6 Å². The Morgan fingerprint density at radius 3 is 2.83 bits per heavy atom. The van der Waals surface area contributed by atoms with Gasteiger partial charge in [-0.2, -0.15) is 5.26 Å². The van der Waals surface area contributed by atoms with Crippen molar-refractivity contribution in [3.63, 3.8) is 0 Å². The second kappa shape index (κ2) is 7.40. The molecule has 0 saturated heterocycles. The summed E-state index contributed by atoms with van der Waals surface area (Å²) in [5.41, 5.74) is -0.418. The minimum atomic E-state index is -0.418. The van der Waals surface area contributed by atoms with Gasteiger partial charge in [0.15, 0.2) is 0 Å². The van der Waals surface area contributed by atoms with E-state index in [4.69, 9.17) is 0 Å². The molecule has 0 spiro atoms. The van der Waals surface area contributed by atoms with E-state index in [2.05, 4.69) is 30.2 Å². The SMILES string of the molecule is CC(C)NC(C)(C#N)CCCSc1ccccn1. The fourth-order valence-electron chi connectivity index (χ4n) is 1.83. The summed E-state index contributed by atoms with van der Waals surface area (Å²) < 4.78 is 0. The number of pyridine rings is 1. The van der Waals surface area contributed by atoms with Gasteiger partial charge in [0, 0.05) is 12.2 Å². The molecule has 1 N–H and O–H groups in total. The van der Waals surface area contributed by atoms with Gasteiger partial charge in [-0.05, 0) is 51.5 Å². The molecule has 0 aliphatic rings. The van der Waals surface area contributed by atoms with Gasteiger partial charge < -0.3 is 0 Å². The molecule has 1 aromatic heterocycles. The number of nitriles is 1. The lowest BCUT2D eigenvalue weighted by molar-refractivity contribution is 0.380. The summed E-state index contributed by atoms with van der Waals surface area (Å²) in [5, 5.41) is 13.6. The van der Waals surface area contributed by atoms with Crippen molar-refractivity contribution >= 4 is 11.8 Å². The van der Waals surface area contributed by atoms with Gasteiger partial charge in [-0.25, -0.2) is 4.98 Å². The monoisotopic (exact) mass is 263 g/mol. The van der Waals surface area contributed by atoms with Crippen LogP contribution in [0, 0.1) is 11.3 Å². The third-order valence-corrected chi connectivity index (χ3v) is 3.59. The fraction of sp³-hybridized carbons (Fsp3) is 0.571. The van der Waals surface area contributed by atoms with Crippen molar-refractivity contribution in [3.05, 3.63) is 24.4 Å². The number of aromatic nitrogens is 1. The topological polar surface area (TPSA) is 48.7 Å². The van der Waals surface area contributed by atoms with Crippen molar-refractivity contribution in [2.45, 2.75) is 50.2 Å². The Hall–Kier alpha value is -1.05. The summed E-state index contributed by atoms with van der Waals surface area (Å²) in [6.45, 7) is 6.11. The second-order valence-electron chi connectivity index (χ2n) is 4.86. The molecule has 1 unspecified atom stereocenters. The zero-order chi connectivity index (χ0) is 13.4. The molecule has 1 atom stereocenters. The van der Waals surface area contributed by atoms with Crippen molar-refractivity contribution in [3.8, 4) is 6.07 Å². The summed E-state index contributed by atoms with van der Waals surface area (Å²) in [5.74, 6) is 0.994. The van der Waals surface area contributed by atoms with E-state index >= 15 is 0 Å². The van der Waals surface area contributed by atoms with E-state index in [1.165, 1.54) is 0 Å². The van der Waals surface area contributed by atoms with Gasteiger partial charge in [0.1, 0.15) is 5.54 Å². The van der Waals surface area contributed by atoms with Crippen LogP contribution in [0.25, 0.3) is 0 Å². The third kappa shape index (κ3) is 5.52. The maximum Gasteiger partial charge on any atom is 0.104 e. The van der Waals surface area contributed by atoms with Crippen LogP contribution >= 0.6 is 11.8 Å². The van der Waals surface area contributed by atoms with Gasteiger partial charge in [-0.1, -0.05) is 6.07 Å². The highest BCUT2D eigenvalue weighted by atomic mass is 32.2. The van der Waals surface area contributed by atoms with E-state index in [9.17, 15) is 5.26 Å². The summed E-state index contributed by atoms with van der Waals surface area (Å²) in [6, 6.07) is 8.63. The number of hydrogen-bond acceptors (Lipinski definition) is 4. The molecule has 0 amide bonds. The van der Waals surface area contributed by atoms with Crippen LogP contribution in [-0.4, -0.2) is 22.3 Å². The molecule has 18 heavy (non-hydrogen) atoms. The van der Waals surface area contributed by atoms with Gasteiger partial charge in [-0.3, -0.25) is 5.32 Å². The van der Waals surface area contributed by atoms with Gasteiger partial charge in [0.25, 0.3) is 0 Å². The summed E-state index contributed by atoms with van der Waals surface area (Å²) in [4.78, 5) is 4.26. The molecule has 0 aliphatic heterocycles. The first-order valence-corrected chi connectivity index (χ1v) is 7.27. The van der Waals surface area contributed by atoms with E-state index in [1.54, 1.807) is 11.8 Å². The van der Waals surface area contributed by atoms with E-state index in [1.807, 2.05) is 31.3 Å². The average Bonchev–Trinajstić information content (AvgIpc) is 2.35. The fourth-order valence-corrected chi connectivity index (χ4v) is 2.64. The Morgan fingerprint density at radius 1 is 1.50 bits per heavy atom. The van der Waals surface area contributed by atoms with Crippen LogP contribution in [0.2, 0.25) is 0 Å². The lowest BCUT2D eigenvalue weighted by atomic mass is 9.97. The van der Waals surface area contributed by atoms with Crippen LogP contribution in [0.4, 0.5) is 0 Å². The molecule has 1 heterocycles. The maximum atomic E-state index is 9.22. The molecular formula is C14H21N3S. The first-order chi connectivity index (χ1) is 8.56. The molecule has 0 bridgehead atoms. The highest BCUT2D eigenvalue weighted by Crippen LogP contribution is 2.19. The molecule has 0 fully saturated rings. The zero-order valence-electron chi connectivity index (χ0n) is 11.3. The molecular weight excluding hydrogens is 242 g/mol. The molecule has 0 saturated carbocycles. The minimum Gasteiger partial charge on any atom is -0.297 e. The van der Waals surface area contributed by atoms with Gasteiger partial charge in [-0.15, -0.1) is 11.8 Å². The van der Waals surface area contributed by atoms with E-state index in [0.29, 0.717) is 6.04 Å². The molecule has 0 aromatic carbocycles. The van der Waals surface area contributed by atoms with Gasteiger partial charge in [0.2, 0.25) is 0 Å². The normalized spacial score (nSPS) is 14.2. The maximum absolute atomic E-state index is 9.22. The Bertz CT molecular complexity index is 386. The second-order valence-corrected chi connectivity index (χ2v) is 5.98. The lowest BCUT2D eigenvalue weighted by Crippen LogP contribution is -2.44. The molecule has 0 radical (unpaired) electrons. The van der Waals surface area contributed by atoms with Crippen LogP contribution in [0.3, 0.4) is 0 Å². The first-order valence-electron chi connectivity index (χ1n) is 6.28. The average molecular weight is 263 g/mol. The lowest BCUT2D eigenvalue weighted by Gasteiger charge is -2.25. The van der Waals surface area contributed by atoms with Crippen molar-refractivity contribution < 1.29 is 0 Å². The number of hydrogen-bond donors (Lipinski definition) is 1. The van der Waals surface area contributed by atoms with Crippen LogP contribution in [0.15, 0.2) is 29.4 Å². The molecule has 4 heteroatoms. The van der Waals surface area contributed by atoms with Gasteiger partial charge in [0.05, 0.1) is 11.1 Å². The molecule has 1 aromatic rings. The largest absolute Gasteiger partial charge is 0.297 e. The number of nitrogens with zero attached hydrogens (tertiary/aromatic N) is 2. The predicted molar refractivity (Wildman–Crippen MR) is 76.5 cm³/mol. The highest BCUT2D eigenvalue weighted by molar-refractivity contribution is 7.99. The third-order valence-electron chi connectivity index (χ3n) is 2.56. The van der Waals surface area contributed by atoms with E-state index in [-0.39, 0.29) is 0 Å². The summed E-state index contributed by atoms with van der Waals surface area (Å²) >= 11 is 1.74. The Kier molecular flexibility index (Phi) is 6.17. The van der Waals surface area contributed by atoms with Crippen LogP contribution in [0.5, 0.6) is 0 Å². The van der Waals surface area contributed by atoms with Crippen LogP contribution in [-0.2, 0) is 0 Å². The minimum absolute atomic E-state index is 0.332. The van der Waals surface area contributed by atoms with E-state index < -0.39 is 5.54 Å². The number of nitrogens with one attached hydrogen (secondary N) is 1. The number of thioether (sulfide) groups is 1. The molecule has 1 rings (SSSR count). The highest BCUT2D eigenvalue weighted by Gasteiger charge is 2.23. The standard InChI is InChI=1S/C14H21N3S/c1-12(2)17-14(3,11-15)8-6-10-18-13-7-4-5-9-16-13/h4-5,7,9,12,17H,6,8,10H2,1-3H3. The quantitative estimate of drug-likeness (QED) is 0.606. The molecule has 0 aliphatic carbocycles. The first kappa shape index (κ1) is 15.0. The smallest absolute Gasteiger partial charge is 0.104 e. The zero-order valence-corrected chi connectivity index (χ0v) is 12.1. The van der Waals surface area contributed by atoms with Crippen molar-refractivity contribution in [2.75, 3.05) is 5.75 Å². The summed E-state index contributed by atoms with van der Waals surface area (Å²) in [7, 11) is 0. The van der Waals surface area contributed by atoms with Gasteiger partial charge >= 0.3 is 0 Å². The summed E-state index contributed by atoms with van der Waals surface area (Å²) in [6.07, 6.45) is 3.68. The Balaban J connectivity index is 2.30. The molecule has 3 nitrogen and oxygen atoms in total.